The Kier molecular flexibility index (Phi) is 6.29. The molecule has 3 aromatic rings. The normalized spacial score (nSPS) is 10.6. The number of anilines is 3. The topological polar surface area (TPSA) is 98.9 Å². The zero-order chi connectivity index (χ0) is 20.8. The number of aromatic amines is 1. The minimum Gasteiger partial charge on any atom is -0.320 e. The molecule has 2 aromatic carbocycles. The summed E-state index contributed by atoms with van der Waals surface area (Å²) < 4.78 is 0. The molecule has 7 nitrogen and oxygen atoms in total. The van der Waals surface area contributed by atoms with Crippen LogP contribution in [0.1, 0.15) is 35.6 Å². The number of amides is 3. The highest BCUT2D eigenvalue weighted by Gasteiger charge is 2.13. The summed E-state index contributed by atoms with van der Waals surface area (Å²) >= 11 is 0. The van der Waals surface area contributed by atoms with Gasteiger partial charge in [0.25, 0.3) is 5.91 Å². The van der Waals surface area contributed by atoms with Gasteiger partial charge in [-0.25, -0.2) is 4.79 Å². The summed E-state index contributed by atoms with van der Waals surface area (Å²) in [5.74, 6) is 0.170. The number of benzene rings is 2. The van der Waals surface area contributed by atoms with Gasteiger partial charge in [0.2, 0.25) is 0 Å². The van der Waals surface area contributed by atoms with Gasteiger partial charge >= 0.3 is 6.03 Å². The van der Waals surface area contributed by atoms with Gasteiger partial charge in [-0.2, -0.15) is 5.10 Å². The molecule has 0 atom stereocenters. The molecule has 3 amide bonds. The van der Waals surface area contributed by atoms with Gasteiger partial charge in [0.1, 0.15) is 0 Å². The van der Waals surface area contributed by atoms with Crippen molar-refractivity contribution in [3.63, 3.8) is 0 Å². The van der Waals surface area contributed by atoms with E-state index >= 15 is 0 Å². The lowest BCUT2D eigenvalue weighted by molar-refractivity contribution is 0.102. The van der Waals surface area contributed by atoms with E-state index in [4.69, 9.17) is 0 Å². The first-order chi connectivity index (χ1) is 13.9. The maximum atomic E-state index is 12.5. The van der Waals surface area contributed by atoms with E-state index < -0.39 is 0 Å². The van der Waals surface area contributed by atoms with E-state index in [1.54, 1.807) is 30.3 Å². The zero-order valence-electron chi connectivity index (χ0n) is 16.7. The number of aryl methyl sites for hydroxylation is 1. The molecule has 0 unspecified atom stereocenters. The van der Waals surface area contributed by atoms with E-state index in [9.17, 15) is 9.59 Å². The molecule has 0 aliphatic heterocycles. The van der Waals surface area contributed by atoms with Crippen LogP contribution in [0.3, 0.4) is 0 Å². The third-order valence-corrected chi connectivity index (χ3v) is 4.27. The maximum absolute atomic E-state index is 12.5. The molecule has 1 aromatic heterocycles. The van der Waals surface area contributed by atoms with Gasteiger partial charge in [0, 0.05) is 22.8 Å². The first-order valence-corrected chi connectivity index (χ1v) is 9.50. The summed E-state index contributed by atoms with van der Waals surface area (Å²) in [7, 11) is 0. The molecule has 1 heterocycles. The molecule has 0 saturated carbocycles. The average molecular weight is 391 g/mol. The Hall–Kier alpha value is -3.61. The Morgan fingerprint density at radius 1 is 0.966 bits per heavy atom. The van der Waals surface area contributed by atoms with Gasteiger partial charge in [-0.15, -0.1) is 0 Å². The van der Waals surface area contributed by atoms with Crippen molar-refractivity contribution >= 4 is 29.0 Å². The predicted octanol–water partition coefficient (Wildman–Crippen LogP) is 4.81. The molecule has 0 radical (unpaired) electrons. The van der Waals surface area contributed by atoms with Crippen LogP contribution in [0.25, 0.3) is 0 Å². The van der Waals surface area contributed by atoms with E-state index in [-0.39, 0.29) is 11.9 Å². The lowest BCUT2D eigenvalue weighted by Gasteiger charge is -2.11. The number of carbonyl (C=O) groups is 2. The van der Waals surface area contributed by atoms with Gasteiger partial charge in [-0.05, 0) is 55.2 Å². The second-order valence-electron chi connectivity index (χ2n) is 7.31. The van der Waals surface area contributed by atoms with Crippen molar-refractivity contribution in [2.45, 2.75) is 27.2 Å². The first-order valence-electron chi connectivity index (χ1n) is 9.50. The fourth-order valence-corrected chi connectivity index (χ4v) is 2.86. The van der Waals surface area contributed by atoms with Crippen LogP contribution in [-0.4, -0.2) is 22.1 Å². The molecule has 150 valence electrons. The van der Waals surface area contributed by atoms with Crippen molar-refractivity contribution in [1.82, 2.24) is 10.2 Å². The van der Waals surface area contributed by atoms with Crippen LogP contribution >= 0.6 is 0 Å². The highest BCUT2D eigenvalue weighted by atomic mass is 16.2. The number of H-pyrrole nitrogens is 1. The second-order valence-corrected chi connectivity index (χ2v) is 7.31. The van der Waals surface area contributed by atoms with Gasteiger partial charge in [-0.1, -0.05) is 38.1 Å². The van der Waals surface area contributed by atoms with E-state index in [0.717, 1.165) is 17.7 Å². The minimum absolute atomic E-state index is 0.301. The van der Waals surface area contributed by atoms with Crippen molar-refractivity contribution < 1.29 is 9.59 Å². The monoisotopic (exact) mass is 391 g/mol. The molecule has 3 rings (SSSR count). The maximum Gasteiger partial charge on any atom is 0.323 e. The first kappa shape index (κ1) is 20.1. The van der Waals surface area contributed by atoms with Crippen LogP contribution < -0.4 is 16.0 Å². The fraction of sp³-hybridized carbons (Fsp3) is 0.227. The van der Waals surface area contributed by atoms with Crippen LogP contribution in [0.5, 0.6) is 0 Å². The molecular weight excluding hydrogens is 366 g/mol. The zero-order valence-corrected chi connectivity index (χ0v) is 16.7. The smallest absolute Gasteiger partial charge is 0.320 e. The molecule has 0 spiro atoms. The van der Waals surface area contributed by atoms with Crippen molar-refractivity contribution in [1.29, 1.82) is 0 Å². The number of para-hydroxylation sites is 1. The third-order valence-electron chi connectivity index (χ3n) is 4.27. The number of nitrogens with zero attached hydrogens (tertiary/aromatic N) is 1. The highest BCUT2D eigenvalue weighted by molar-refractivity contribution is 6.04. The van der Waals surface area contributed by atoms with E-state index in [2.05, 4.69) is 40.0 Å². The Bertz CT molecular complexity index is 995. The number of carbonyl (C=O) groups excluding carboxylic acids is 2. The Labute approximate surface area is 169 Å². The summed E-state index contributed by atoms with van der Waals surface area (Å²) in [6, 6.07) is 15.9. The van der Waals surface area contributed by atoms with Crippen LogP contribution in [0, 0.1) is 12.8 Å². The molecule has 7 heteroatoms. The number of aromatic nitrogens is 2. The predicted molar refractivity (Wildman–Crippen MR) is 115 cm³/mol. The quantitative estimate of drug-likeness (QED) is 0.485. The summed E-state index contributed by atoms with van der Waals surface area (Å²) in [5.41, 5.74) is 4.02. The summed E-state index contributed by atoms with van der Waals surface area (Å²) in [6.07, 6.45) is 0.829. The van der Waals surface area contributed by atoms with Crippen molar-refractivity contribution in [3.05, 3.63) is 71.5 Å². The second kappa shape index (κ2) is 9.05. The summed E-state index contributed by atoms with van der Waals surface area (Å²) in [6.45, 7) is 6.10. The molecule has 4 N–H and O–H groups in total. The van der Waals surface area contributed by atoms with Gasteiger partial charge in [-0.3, -0.25) is 9.89 Å². The van der Waals surface area contributed by atoms with Crippen LogP contribution in [0.15, 0.2) is 54.6 Å². The number of rotatable bonds is 6. The summed E-state index contributed by atoms with van der Waals surface area (Å²) in [4.78, 5) is 24.7. The Morgan fingerprint density at radius 3 is 2.41 bits per heavy atom. The SMILES string of the molecule is Cc1ccc(NC(=O)Nc2ccccc2)cc1NC(=O)c1cc(CC(C)C)[nH]n1. The highest BCUT2D eigenvalue weighted by Crippen LogP contribution is 2.21. The van der Waals surface area contributed by atoms with Crippen molar-refractivity contribution in [2.75, 3.05) is 16.0 Å². The van der Waals surface area contributed by atoms with Gasteiger partial charge in [0.15, 0.2) is 5.69 Å². The van der Waals surface area contributed by atoms with E-state index in [1.165, 1.54) is 0 Å². The lowest BCUT2D eigenvalue weighted by Crippen LogP contribution is -2.19. The van der Waals surface area contributed by atoms with E-state index in [1.807, 2.05) is 31.2 Å². The summed E-state index contributed by atoms with van der Waals surface area (Å²) in [5, 5.41) is 15.4. The van der Waals surface area contributed by atoms with Crippen LogP contribution in [0.2, 0.25) is 0 Å². The molecule has 0 aliphatic carbocycles. The molecule has 0 bridgehead atoms. The molecule has 0 aliphatic rings. The molecule has 0 saturated heterocycles. The minimum atomic E-state index is -0.358. The largest absolute Gasteiger partial charge is 0.323 e. The average Bonchev–Trinajstić information content (AvgIpc) is 3.13. The van der Waals surface area contributed by atoms with Gasteiger partial charge < -0.3 is 16.0 Å². The number of hydrogen-bond donors (Lipinski definition) is 4. The van der Waals surface area contributed by atoms with Crippen molar-refractivity contribution in [3.8, 4) is 0 Å². The Morgan fingerprint density at radius 2 is 1.69 bits per heavy atom. The number of nitrogens with one attached hydrogen (secondary N) is 4. The third kappa shape index (κ3) is 5.68. The standard InChI is InChI=1S/C22H25N5O2/c1-14(2)11-18-13-20(27-26-18)21(28)25-19-12-17(10-9-15(19)3)24-22(29)23-16-7-5-4-6-8-16/h4-10,12-14H,11H2,1-3H3,(H,25,28)(H,26,27)(H2,23,24,29). The van der Waals surface area contributed by atoms with Crippen molar-refractivity contribution in [2.24, 2.45) is 5.92 Å². The molecule has 0 fully saturated rings. The Balaban J connectivity index is 1.66. The van der Waals surface area contributed by atoms with E-state index in [0.29, 0.717) is 28.7 Å². The lowest BCUT2D eigenvalue weighted by atomic mass is 10.1. The number of urea groups is 1. The molecular formula is C22H25N5O2. The van der Waals surface area contributed by atoms with Crippen LogP contribution in [-0.2, 0) is 6.42 Å². The van der Waals surface area contributed by atoms with Gasteiger partial charge in [0.05, 0.1) is 0 Å². The number of hydrogen-bond acceptors (Lipinski definition) is 3. The fourth-order valence-electron chi connectivity index (χ4n) is 2.86. The van der Waals surface area contributed by atoms with Crippen LogP contribution in [0.4, 0.5) is 21.9 Å². The molecule has 29 heavy (non-hydrogen) atoms.